The van der Waals surface area contributed by atoms with Crippen LogP contribution in [-0.2, 0) is 16.0 Å². The molecule has 2 rings (SSSR count). The van der Waals surface area contributed by atoms with Crippen molar-refractivity contribution in [2.75, 3.05) is 0 Å². The van der Waals surface area contributed by atoms with E-state index in [1.54, 1.807) is 0 Å². The van der Waals surface area contributed by atoms with Gasteiger partial charge in [0.05, 0.1) is 0 Å². The van der Waals surface area contributed by atoms with Gasteiger partial charge in [-0.1, -0.05) is 30.3 Å². The van der Waals surface area contributed by atoms with Crippen LogP contribution in [0.25, 0.3) is 0 Å². The van der Waals surface area contributed by atoms with E-state index in [9.17, 15) is 14.7 Å². The van der Waals surface area contributed by atoms with Gasteiger partial charge in [-0.15, -0.1) is 0 Å². The number of nitrogens with two attached hydrogens (primary N) is 1. The molecule has 3 unspecified atom stereocenters. The number of carboxylic acid groups (broad SMARTS) is 1. The van der Waals surface area contributed by atoms with Gasteiger partial charge in [-0.25, -0.2) is 4.79 Å². The molecule has 0 saturated heterocycles. The summed E-state index contributed by atoms with van der Waals surface area (Å²) in [6.07, 6.45) is 3.25. The predicted octanol–water partition coefficient (Wildman–Crippen LogP) is 1.32. The molecule has 0 heterocycles. The Labute approximate surface area is 124 Å². The van der Waals surface area contributed by atoms with E-state index in [1.807, 2.05) is 30.3 Å². The molecule has 5 heteroatoms. The second-order valence-electron chi connectivity index (χ2n) is 5.69. The molecule has 4 N–H and O–H groups in total. The Morgan fingerprint density at radius 1 is 1.29 bits per heavy atom. The first-order chi connectivity index (χ1) is 10.1. The minimum absolute atomic E-state index is 0.0633. The largest absolute Gasteiger partial charge is 0.480 e. The highest BCUT2D eigenvalue weighted by Gasteiger charge is 2.30. The first-order valence-corrected chi connectivity index (χ1v) is 7.39. The van der Waals surface area contributed by atoms with Gasteiger partial charge >= 0.3 is 5.97 Å². The molecule has 21 heavy (non-hydrogen) atoms. The van der Waals surface area contributed by atoms with Crippen LogP contribution >= 0.6 is 0 Å². The van der Waals surface area contributed by atoms with Crippen molar-refractivity contribution < 1.29 is 14.7 Å². The van der Waals surface area contributed by atoms with Crippen LogP contribution in [0.5, 0.6) is 0 Å². The number of aryl methyl sites for hydroxylation is 1. The van der Waals surface area contributed by atoms with E-state index < -0.39 is 12.0 Å². The third-order valence-electron chi connectivity index (χ3n) is 4.02. The van der Waals surface area contributed by atoms with Gasteiger partial charge in [-0.05, 0) is 37.7 Å². The molecule has 114 valence electrons. The van der Waals surface area contributed by atoms with Crippen LogP contribution in [0.1, 0.15) is 31.2 Å². The summed E-state index contributed by atoms with van der Waals surface area (Å²) in [5.74, 6) is -1.30. The normalized spacial score (nSPS) is 22.7. The molecule has 0 aliphatic heterocycles. The SMILES string of the molecule is NC1CCC(C(=O)NC(CCc2ccccc2)C(=O)O)C1. The zero-order chi connectivity index (χ0) is 15.2. The van der Waals surface area contributed by atoms with Gasteiger partial charge in [0.25, 0.3) is 0 Å². The summed E-state index contributed by atoms with van der Waals surface area (Å²) in [6.45, 7) is 0. The summed E-state index contributed by atoms with van der Waals surface area (Å²) in [5.41, 5.74) is 6.86. The minimum Gasteiger partial charge on any atom is -0.480 e. The van der Waals surface area contributed by atoms with Crippen LogP contribution in [0, 0.1) is 5.92 Å². The van der Waals surface area contributed by atoms with Crippen LogP contribution in [0.15, 0.2) is 30.3 Å². The molecule has 0 spiro atoms. The quantitative estimate of drug-likeness (QED) is 0.736. The summed E-state index contributed by atoms with van der Waals surface area (Å²) in [6, 6.07) is 8.90. The number of benzene rings is 1. The van der Waals surface area contributed by atoms with Gasteiger partial charge in [-0.3, -0.25) is 4.79 Å². The summed E-state index contributed by atoms with van der Waals surface area (Å²) < 4.78 is 0. The number of nitrogens with one attached hydrogen (secondary N) is 1. The van der Waals surface area contributed by atoms with Gasteiger partial charge in [0, 0.05) is 12.0 Å². The van der Waals surface area contributed by atoms with Gasteiger partial charge in [0.2, 0.25) is 5.91 Å². The minimum atomic E-state index is -0.985. The third kappa shape index (κ3) is 4.56. The van der Waals surface area contributed by atoms with Crippen molar-refractivity contribution in [2.24, 2.45) is 11.7 Å². The second kappa shape index (κ2) is 7.22. The number of carbonyl (C=O) groups is 2. The highest BCUT2D eigenvalue weighted by atomic mass is 16.4. The zero-order valence-electron chi connectivity index (χ0n) is 12.0. The van der Waals surface area contributed by atoms with E-state index in [2.05, 4.69) is 5.32 Å². The van der Waals surface area contributed by atoms with Gasteiger partial charge in [0.15, 0.2) is 0 Å². The Hall–Kier alpha value is -1.88. The molecule has 0 bridgehead atoms. The predicted molar refractivity (Wildman–Crippen MR) is 79.6 cm³/mol. The van der Waals surface area contributed by atoms with Gasteiger partial charge in [-0.2, -0.15) is 0 Å². The molecule has 1 aliphatic rings. The van der Waals surface area contributed by atoms with Crippen molar-refractivity contribution in [2.45, 2.75) is 44.2 Å². The van der Waals surface area contributed by atoms with E-state index in [0.717, 1.165) is 18.4 Å². The summed E-state index contributed by atoms with van der Waals surface area (Å²) >= 11 is 0. The lowest BCUT2D eigenvalue weighted by Gasteiger charge is -2.17. The lowest BCUT2D eigenvalue weighted by atomic mass is 10.0. The number of aliphatic carboxylic acids is 1. The first-order valence-electron chi connectivity index (χ1n) is 7.39. The van der Waals surface area contributed by atoms with Crippen molar-refractivity contribution in [1.29, 1.82) is 0 Å². The van der Waals surface area contributed by atoms with Crippen molar-refractivity contribution in [3.63, 3.8) is 0 Å². The van der Waals surface area contributed by atoms with E-state index in [0.29, 0.717) is 19.3 Å². The fraction of sp³-hybridized carbons (Fsp3) is 0.500. The highest BCUT2D eigenvalue weighted by Crippen LogP contribution is 2.24. The van der Waals surface area contributed by atoms with E-state index in [1.165, 1.54) is 0 Å². The third-order valence-corrected chi connectivity index (χ3v) is 4.02. The Bertz CT molecular complexity index is 490. The van der Waals surface area contributed by atoms with Crippen LogP contribution in [-0.4, -0.2) is 29.1 Å². The van der Waals surface area contributed by atoms with Crippen molar-refractivity contribution in [1.82, 2.24) is 5.32 Å². The number of rotatable bonds is 6. The second-order valence-corrected chi connectivity index (χ2v) is 5.69. The zero-order valence-corrected chi connectivity index (χ0v) is 12.0. The molecule has 1 fully saturated rings. The lowest BCUT2D eigenvalue weighted by molar-refractivity contribution is -0.142. The van der Waals surface area contributed by atoms with E-state index >= 15 is 0 Å². The monoisotopic (exact) mass is 290 g/mol. The maximum absolute atomic E-state index is 12.1. The van der Waals surface area contributed by atoms with Gasteiger partial charge < -0.3 is 16.2 Å². The van der Waals surface area contributed by atoms with E-state index in [-0.39, 0.29) is 17.9 Å². The molecule has 1 saturated carbocycles. The molecular weight excluding hydrogens is 268 g/mol. The topological polar surface area (TPSA) is 92.4 Å². The maximum atomic E-state index is 12.1. The van der Waals surface area contributed by atoms with Crippen molar-refractivity contribution in [3.8, 4) is 0 Å². The summed E-state index contributed by atoms with van der Waals surface area (Å²) in [5, 5.41) is 11.9. The number of hydrogen-bond donors (Lipinski definition) is 3. The highest BCUT2D eigenvalue weighted by molar-refractivity contribution is 5.85. The molecule has 1 aromatic rings. The number of amides is 1. The standard InChI is InChI=1S/C16H22N2O3/c17-13-8-7-12(10-13)15(19)18-14(16(20)21)9-6-11-4-2-1-3-5-11/h1-5,12-14H,6-10,17H2,(H,18,19)(H,20,21). The van der Waals surface area contributed by atoms with Gasteiger partial charge in [0.1, 0.15) is 6.04 Å². The molecule has 1 amide bonds. The molecule has 1 aromatic carbocycles. The van der Waals surface area contributed by atoms with Crippen LogP contribution in [0.3, 0.4) is 0 Å². The Morgan fingerprint density at radius 3 is 2.57 bits per heavy atom. The molecule has 0 radical (unpaired) electrons. The average Bonchev–Trinajstić information content (AvgIpc) is 2.90. The van der Waals surface area contributed by atoms with Crippen molar-refractivity contribution in [3.05, 3.63) is 35.9 Å². The van der Waals surface area contributed by atoms with Crippen LogP contribution in [0.4, 0.5) is 0 Å². The van der Waals surface area contributed by atoms with Crippen LogP contribution in [0.2, 0.25) is 0 Å². The van der Waals surface area contributed by atoms with Crippen molar-refractivity contribution >= 4 is 11.9 Å². The Morgan fingerprint density at radius 2 is 2.00 bits per heavy atom. The summed E-state index contributed by atoms with van der Waals surface area (Å²) in [4.78, 5) is 23.4. The molecule has 0 aromatic heterocycles. The van der Waals surface area contributed by atoms with E-state index in [4.69, 9.17) is 5.73 Å². The maximum Gasteiger partial charge on any atom is 0.326 e. The summed E-state index contributed by atoms with van der Waals surface area (Å²) in [7, 11) is 0. The average molecular weight is 290 g/mol. The molecule has 5 nitrogen and oxygen atoms in total. The van der Waals surface area contributed by atoms with Crippen LogP contribution < -0.4 is 11.1 Å². The smallest absolute Gasteiger partial charge is 0.326 e. The molecule has 3 atom stereocenters. The first kappa shape index (κ1) is 15.5. The fourth-order valence-electron chi connectivity index (χ4n) is 2.76. The fourth-order valence-corrected chi connectivity index (χ4v) is 2.76. The Kier molecular flexibility index (Phi) is 5.33. The molecular formula is C16H22N2O3. The Balaban J connectivity index is 1.87. The lowest BCUT2D eigenvalue weighted by Crippen LogP contribution is -2.43. The number of carbonyl (C=O) groups excluding carboxylic acids is 1. The number of carboxylic acids is 1. The molecule has 1 aliphatic carbocycles. The number of hydrogen-bond acceptors (Lipinski definition) is 3.